The number of benzene rings is 2. The van der Waals surface area contributed by atoms with Gasteiger partial charge in [0.05, 0.1) is 18.5 Å². The van der Waals surface area contributed by atoms with Gasteiger partial charge in [0.1, 0.15) is 35.7 Å². The highest BCUT2D eigenvalue weighted by atomic mass is 127. The van der Waals surface area contributed by atoms with Crippen molar-refractivity contribution in [1.82, 2.24) is 19.5 Å². The zero-order valence-corrected chi connectivity index (χ0v) is 20.7. The van der Waals surface area contributed by atoms with Crippen LogP contribution in [0.5, 0.6) is 11.6 Å². The Balaban J connectivity index is 1.71. The van der Waals surface area contributed by atoms with E-state index in [1.807, 2.05) is 36.4 Å². The minimum atomic E-state index is -0.620. The number of hydrogen-bond donors (Lipinski definition) is 4. The van der Waals surface area contributed by atoms with Crippen LogP contribution in [0, 0.1) is 15.3 Å². The predicted molar refractivity (Wildman–Crippen MR) is 134 cm³/mol. The molecule has 0 radical (unpaired) electrons. The van der Waals surface area contributed by atoms with Gasteiger partial charge in [-0.25, -0.2) is 14.2 Å². The Morgan fingerprint density at radius 1 is 1.18 bits per heavy atom. The Morgan fingerprint density at radius 2 is 1.91 bits per heavy atom. The highest BCUT2D eigenvalue weighted by Crippen LogP contribution is 2.34. The van der Waals surface area contributed by atoms with Crippen molar-refractivity contribution in [3.63, 3.8) is 0 Å². The maximum absolute atomic E-state index is 14.5. The van der Waals surface area contributed by atoms with Crippen molar-refractivity contribution in [2.75, 3.05) is 13.2 Å². The third kappa shape index (κ3) is 4.73. The van der Waals surface area contributed by atoms with Crippen LogP contribution < -0.4 is 10.4 Å². The van der Waals surface area contributed by atoms with Gasteiger partial charge in [-0.05, 0) is 71.0 Å². The van der Waals surface area contributed by atoms with Gasteiger partial charge in [0.25, 0.3) is 0 Å². The number of aromatic hydroxyl groups is 1. The number of aliphatic hydroxyl groups excluding tert-OH is 1. The first-order valence-corrected chi connectivity index (χ1v) is 11.8. The summed E-state index contributed by atoms with van der Waals surface area (Å²) in [5.41, 5.74) is 1.21. The number of rotatable bonds is 8. The fourth-order valence-electron chi connectivity index (χ4n) is 3.85. The summed E-state index contributed by atoms with van der Waals surface area (Å²) in [5, 5.41) is 19.9. The van der Waals surface area contributed by atoms with E-state index >= 15 is 0 Å². The zero-order valence-electron chi connectivity index (χ0n) is 18.5. The van der Waals surface area contributed by atoms with Gasteiger partial charge in [-0.1, -0.05) is 13.8 Å². The topological polar surface area (TPSA) is 116 Å². The number of aliphatic hydroxyl groups is 1. The van der Waals surface area contributed by atoms with Crippen molar-refractivity contribution in [3.8, 4) is 34.1 Å². The first-order chi connectivity index (χ1) is 16.3. The minimum absolute atomic E-state index is 0.0972. The van der Waals surface area contributed by atoms with Crippen LogP contribution in [0.4, 0.5) is 4.39 Å². The SMILES string of the molecule is CC(C)[C@@H](c1ncc(-c2ccc(I)cc2F)[nH]1)n1c(O)c(-c2ccc(OCCO)cc2)[nH]c1=O. The van der Waals surface area contributed by atoms with E-state index in [1.165, 1.54) is 16.8 Å². The van der Waals surface area contributed by atoms with Crippen molar-refractivity contribution < 1.29 is 19.3 Å². The third-order valence-corrected chi connectivity index (χ3v) is 6.08. The molecule has 0 saturated heterocycles. The van der Waals surface area contributed by atoms with Crippen LogP contribution >= 0.6 is 22.6 Å². The highest BCUT2D eigenvalue weighted by molar-refractivity contribution is 14.1. The molecule has 2 aromatic heterocycles. The van der Waals surface area contributed by atoms with Gasteiger partial charge >= 0.3 is 5.69 Å². The molecule has 10 heteroatoms. The molecule has 0 spiro atoms. The van der Waals surface area contributed by atoms with Crippen LogP contribution in [0.15, 0.2) is 53.5 Å². The first-order valence-electron chi connectivity index (χ1n) is 10.7. The van der Waals surface area contributed by atoms with Crippen molar-refractivity contribution in [1.29, 1.82) is 0 Å². The predicted octanol–water partition coefficient (Wildman–Crippen LogP) is 4.30. The van der Waals surface area contributed by atoms with Crippen LogP contribution in [0.2, 0.25) is 0 Å². The second-order valence-corrected chi connectivity index (χ2v) is 9.34. The van der Waals surface area contributed by atoms with Crippen LogP contribution in [-0.2, 0) is 0 Å². The Kier molecular flexibility index (Phi) is 7.08. The molecule has 4 rings (SSSR count). The summed E-state index contributed by atoms with van der Waals surface area (Å²) in [5.74, 6) is 0.260. The summed E-state index contributed by atoms with van der Waals surface area (Å²) in [6.07, 6.45) is 1.52. The average molecular weight is 578 g/mol. The lowest BCUT2D eigenvalue weighted by molar-refractivity contribution is 0.201. The van der Waals surface area contributed by atoms with Crippen molar-refractivity contribution in [2.45, 2.75) is 19.9 Å². The molecule has 178 valence electrons. The van der Waals surface area contributed by atoms with Crippen molar-refractivity contribution >= 4 is 22.6 Å². The normalized spacial score (nSPS) is 12.3. The van der Waals surface area contributed by atoms with Crippen molar-refractivity contribution in [2.24, 2.45) is 5.92 Å². The highest BCUT2D eigenvalue weighted by Gasteiger charge is 2.28. The standard InChI is InChI=1S/C24H24FIN4O4/c1-13(2)21(22-27-12-19(28-22)17-8-5-15(26)11-18(17)25)30-23(32)20(29-24(30)33)14-3-6-16(7-4-14)34-10-9-31/h3-8,11-13,21,31-32H,9-10H2,1-2H3,(H,27,28)(H,29,33)/t21-/m0/s1. The van der Waals surface area contributed by atoms with Gasteiger partial charge in [0, 0.05) is 14.7 Å². The maximum Gasteiger partial charge on any atom is 0.329 e. The van der Waals surface area contributed by atoms with E-state index in [-0.39, 0.29) is 36.5 Å². The molecule has 2 aromatic carbocycles. The number of aromatic amines is 2. The fourth-order valence-corrected chi connectivity index (χ4v) is 4.30. The van der Waals surface area contributed by atoms with Crippen LogP contribution in [0.1, 0.15) is 25.7 Å². The zero-order chi connectivity index (χ0) is 24.4. The lowest BCUT2D eigenvalue weighted by Crippen LogP contribution is -2.27. The van der Waals surface area contributed by atoms with E-state index in [0.29, 0.717) is 28.4 Å². The summed E-state index contributed by atoms with van der Waals surface area (Å²) >= 11 is 2.04. The Labute approximate surface area is 208 Å². The molecule has 0 unspecified atom stereocenters. The van der Waals surface area contributed by atoms with Gasteiger partial charge in [0.15, 0.2) is 0 Å². The molecule has 2 heterocycles. The largest absolute Gasteiger partial charge is 0.493 e. The van der Waals surface area contributed by atoms with Crippen LogP contribution in [0.3, 0.4) is 0 Å². The quantitative estimate of drug-likeness (QED) is 0.233. The lowest BCUT2D eigenvalue weighted by atomic mass is 10.0. The van der Waals surface area contributed by atoms with E-state index in [9.17, 15) is 14.3 Å². The number of H-pyrrole nitrogens is 2. The third-order valence-electron chi connectivity index (χ3n) is 5.41. The fraction of sp³-hybridized carbons (Fsp3) is 0.250. The van der Waals surface area contributed by atoms with Gasteiger partial charge in [-0.15, -0.1) is 0 Å². The number of halogens is 2. The minimum Gasteiger partial charge on any atom is -0.493 e. The molecule has 0 bridgehead atoms. The second kappa shape index (κ2) is 10.0. The number of nitrogens with zero attached hydrogens (tertiary/aromatic N) is 2. The summed E-state index contributed by atoms with van der Waals surface area (Å²) < 4.78 is 21.9. The number of aromatic nitrogens is 4. The molecule has 0 amide bonds. The molecule has 8 nitrogen and oxygen atoms in total. The molecule has 34 heavy (non-hydrogen) atoms. The average Bonchev–Trinajstić information content (AvgIpc) is 3.38. The Bertz CT molecular complexity index is 1340. The monoisotopic (exact) mass is 578 g/mol. The molecular formula is C24H24FIN4O4. The summed E-state index contributed by atoms with van der Waals surface area (Å²) in [6, 6.07) is 11.1. The summed E-state index contributed by atoms with van der Waals surface area (Å²) in [6.45, 7) is 3.89. The molecule has 4 aromatic rings. The van der Waals surface area contributed by atoms with E-state index in [2.05, 4.69) is 15.0 Å². The molecule has 0 aliphatic heterocycles. The number of imidazole rings is 2. The summed E-state index contributed by atoms with van der Waals surface area (Å²) in [7, 11) is 0. The van der Waals surface area contributed by atoms with Crippen LogP contribution in [-0.4, -0.2) is 42.9 Å². The van der Waals surface area contributed by atoms with Gasteiger partial charge in [-0.3, -0.25) is 4.57 Å². The van der Waals surface area contributed by atoms with Crippen molar-refractivity contribution in [3.05, 3.63) is 74.4 Å². The molecule has 0 fully saturated rings. The molecule has 0 aliphatic rings. The number of ether oxygens (including phenoxy) is 1. The summed E-state index contributed by atoms with van der Waals surface area (Å²) in [4.78, 5) is 23.2. The number of hydrogen-bond acceptors (Lipinski definition) is 5. The first kappa shape index (κ1) is 24.0. The second-order valence-electron chi connectivity index (χ2n) is 8.09. The molecule has 0 saturated carbocycles. The Morgan fingerprint density at radius 3 is 2.56 bits per heavy atom. The van der Waals surface area contributed by atoms with E-state index in [1.54, 1.807) is 36.4 Å². The molecular weight excluding hydrogens is 554 g/mol. The van der Waals surface area contributed by atoms with E-state index in [4.69, 9.17) is 9.84 Å². The molecule has 1 atom stereocenters. The number of nitrogens with one attached hydrogen (secondary N) is 2. The Hall–Kier alpha value is -3.12. The smallest absolute Gasteiger partial charge is 0.329 e. The van der Waals surface area contributed by atoms with E-state index < -0.39 is 11.7 Å². The molecule has 4 N–H and O–H groups in total. The van der Waals surface area contributed by atoms with Crippen LogP contribution in [0.25, 0.3) is 22.5 Å². The van der Waals surface area contributed by atoms with E-state index in [0.717, 1.165) is 3.57 Å². The van der Waals surface area contributed by atoms with Gasteiger partial charge in [-0.2, -0.15) is 0 Å². The maximum atomic E-state index is 14.5. The molecule has 0 aliphatic carbocycles. The van der Waals surface area contributed by atoms with Gasteiger partial charge < -0.3 is 24.9 Å². The lowest BCUT2D eigenvalue weighted by Gasteiger charge is -2.20. The van der Waals surface area contributed by atoms with Gasteiger partial charge in [0.2, 0.25) is 5.88 Å².